The largest absolute Gasteiger partial charge is 0.356 e. The van der Waals surface area contributed by atoms with Gasteiger partial charge in [0.15, 0.2) is 5.11 Å². The van der Waals surface area contributed by atoms with Crippen molar-refractivity contribution in [2.75, 3.05) is 0 Å². The van der Waals surface area contributed by atoms with Gasteiger partial charge in [-0.15, -0.1) is 0 Å². The molecule has 0 amide bonds. The molecule has 5 rings (SSSR count). The van der Waals surface area contributed by atoms with Crippen LogP contribution in [0, 0.1) is 17.8 Å². The zero-order chi connectivity index (χ0) is 17.6. The van der Waals surface area contributed by atoms with Gasteiger partial charge in [-0.25, -0.2) is 0 Å². The molecule has 4 fully saturated rings. The fourth-order valence-electron chi connectivity index (χ4n) is 5.45. The fraction of sp³-hybridized carbons (Fsp3) is 0.579. The molecular weight excluding hydrogens is 373 g/mol. The van der Waals surface area contributed by atoms with Crippen molar-refractivity contribution in [3.8, 4) is 0 Å². The molecule has 4 saturated carbocycles. The summed E-state index contributed by atoms with van der Waals surface area (Å²) in [6.07, 6.45) is 8.06. The molecule has 0 saturated heterocycles. The van der Waals surface area contributed by atoms with Crippen molar-refractivity contribution >= 4 is 46.2 Å². The van der Waals surface area contributed by atoms with Gasteiger partial charge in [-0.2, -0.15) is 5.10 Å². The van der Waals surface area contributed by atoms with E-state index < -0.39 is 0 Å². The standard InChI is InChI=1S/C19H23Cl2N3S/c1-11(15-2-3-16(20)17(21)7-15)23-24-18(25)22-19-8-12-4-13(9-19)6-14(5-12)10-19/h2-3,7,12-14H,4-6,8-10H2,1H3,(H2,22,24,25)/b23-11+. The van der Waals surface area contributed by atoms with Gasteiger partial charge in [-0.3, -0.25) is 5.43 Å². The summed E-state index contributed by atoms with van der Waals surface area (Å²) in [5.74, 6) is 2.67. The highest BCUT2D eigenvalue weighted by Crippen LogP contribution is 2.55. The Bertz CT molecular complexity index is 696. The summed E-state index contributed by atoms with van der Waals surface area (Å²) in [6, 6.07) is 5.51. The first-order valence-corrected chi connectivity index (χ1v) is 10.2. The molecule has 3 nitrogen and oxygen atoms in total. The van der Waals surface area contributed by atoms with Gasteiger partial charge in [0.05, 0.1) is 15.8 Å². The van der Waals surface area contributed by atoms with E-state index in [-0.39, 0.29) is 5.54 Å². The number of thiocarbonyl (C=S) groups is 1. The second-order valence-electron chi connectivity index (χ2n) is 8.09. The first-order chi connectivity index (χ1) is 11.9. The second-order valence-corrected chi connectivity index (χ2v) is 9.31. The topological polar surface area (TPSA) is 36.4 Å². The molecule has 2 N–H and O–H groups in total. The van der Waals surface area contributed by atoms with Crippen molar-refractivity contribution in [3.05, 3.63) is 33.8 Å². The summed E-state index contributed by atoms with van der Waals surface area (Å²) in [5.41, 5.74) is 4.98. The molecule has 0 spiro atoms. The van der Waals surface area contributed by atoms with Crippen LogP contribution in [0.1, 0.15) is 51.0 Å². The van der Waals surface area contributed by atoms with E-state index in [1.54, 1.807) is 6.07 Å². The van der Waals surface area contributed by atoms with Crippen molar-refractivity contribution in [2.24, 2.45) is 22.9 Å². The monoisotopic (exact) mass is 395 g/mol. The van der Waals surface area contributed by atoms with Gasteiger partial charge in [0.25, 0.3) is 0 Å². The van der Waals surface area contributed by atoms with Crippen LogP contribution < -0.4 is 10.7 Å². The van der Waals surface area contributed by atoms with Crippen molar-refractivity contribution in [2.45, 2.75) is 51.0 Å². The molecule has 0 atom stereocenters. The predicted molar refractivity (Wildman–Crippen MR) is 108 cm³/mol. The van der Waals surface area contributed by atoms with E-state index in [9.17, 15) is 0 Å². The Balaban J connectivity index is 1.40. The summed E-state index contributed by atoms with van der Waals surface area (Å²) >= 11 is 17.6. The minimum atomic E-state index is 0.200. The van der Waals surface area contributed by atoms with E-state index in [1.807, 2.05) is 19.1 Å². The fourth-order valence-corrected chi connectivity index (χ4v) is 6.01. The number of hydrogen-bond donors (Lipinski definition) is 2. The van der Waals surface area contributed by atoms with Crippen LogP contribution in [-0.4, -0.2) is 16.4 Å². The predicted octanol–water partition coefficient (Wildman–Crippen LogP) is 5.15. The Morgan fingerprint density at radius 1 is 1.08 bits per heavy atom. The summed E-state index contributed by atoms with van der Waals surface area (Å²) in [7, 11) is 0. The van der Waals surface area contributed by atoms with Gasteiger partial charge < -0.3 is 5.32 Å². The SMILES string of the molecule is C/C(=N\NC(=S)NC12CC3CC(CC(C3)C1)C2)c1ccc(Cl)c(Cl)c1. The average molecular weight is 396 g/mol. The number of hydrogen-bond acceptors (Lipinski definition) is 2. The zero-order valence-electron chi connectivity index (χ0n) is 14.3. The van der Waals surface area contributed by atoms with Gasteiger partial charge in [0.1, 0.15) is 0 Å². The minimum absolute atomic E-state index is 0.200. The molecule has 0 aliphatic heterocycles. The molecule has 1 aromatic carbocycles. The molecule has 134 valence electrons. The van der Waals surface area contributed by atoms with Crippen LogP contribution in [0.5, 0.6) is 0 Å². The number of nitrogens with zero attached hydrogens (tertiary/aromatic N) is 1. The van der Waals surface area contributed by atoms with Crippen LogP contribution in [0.15, 0.2) is 23.3 Å². The van der Waals surface area contributed by atoms with Gasteiger partial charge in [-0.1, -0.05) is 29.3 Å². The number of nitrogens with one attached hydrogen (secondary N) is 2. The molecular formula is C19H23Cl2N3S. The van der Waals surface area contributed by atoms with E-state index >= 15 is 0 Å². The highest BCUT2D eigenvalue weighted by molar-refractivity contribution is 7.80. The van der Waals surface area contributed by atoms with Crippen LogP contribution in [0.25, 0.3) is 0 Å². The maximum atomic E-state index is 6.08. The molecule has 0 radical (unpaired) electrons. The third-order valence-electron chi connectivity index (χ3n) is 6.08. The molecule has 4 aliphatic carbocycles. The second kappa shape index (κ2) is 6.71. The lowest BCUT2D eigenvalue weighted by Crippen LogP contribution is -2.61. The van der Waals surface area contributed by atoms with Gasteiger partial charge in [0, 0.05) is 5.54 Å². The average Bonchev–Trinajstić information content (AvgIpc) is 2.53. The van der Waals surface area contributed by atoms with Crippen molar-refractivity contribution in [1.29, 1.82) is 0 Å². The number of hydrazone groups is 1. The summed E-state index contributed by atoms with van der Waals surface area (Å²) in [6.45, 7) is 1.93. The zero-order valence-corrected chi connectivity index (χ0v) is 16.6. The first-order valence-electron chi connectivity index (χ1n) is 9.00. The number of rotatable bonds is 3. The van der Waals surface area contributed by atoms with Crippen LogP contribution in [0.2, 0.25) is 10.0 Å². The van der Waals surface area contributed by atoms with Gasteiger partial charge >= 0.3 is 0 Å². The summed E-state index contributed by atoms with van der Waals surface area (Å²) in [5, 5.41) is 9.75. The Kier molecular flexibility index (Phi) is 4.72. The van der Waals surface area contributed by atoms with Crippen LogP contribution in [0.4, 0.5) is 0 Å². The summed E-state index contributed by atoms with van der Waals surface area (Å²) < 4.78 is 0. The Labute approximate surface area is 164 Å². The van der Waals surface area contributed by atoms with Crippen molar-refractivity contribution < 1.29 is 0 Å². The molecule has 6 heteroatoms. The molecule has 1 aromatic rings. The molecule has 25 heavy (non-hydrogen) atoms. The van der Waals surface area contributed by atoms with Crippen molar-refractivity contribution in [3.63, 3.8) is 0 Å². The number of halogens is 2. The van der Waals surface area contributed by atoms with Crippen LogP contribution >= 0.6 is 35.4 Å². The quantitative estimate of drug-likeness (QED) is 0.421. The molecule has 0 heterocycles. The van der Waals surface area contributed by atoms with Crippen LogP contribution in [-0.2, 0) is 0 Å². The lowest BCUT2D eigenvalue weighted by atomic mass is 9.53. The molecule has 4 aliphatic rings. The van der Waals surface area contributed by atoms with Gasteiger partial charge in [-0.05, 0) is 93.1 Å². The Morgan fingerprint density at radius 3 is 2.24 bits per heavy atom. The Hall–Kier alpha value is -0.840. The lowest BCUT2D eigenvalue weighted by molar-refractivity contribution is -0.0101. The third kappa shape index (κ3) is 3.67. The van der Waals surface area contributed by atoms with Crippen LogP contribution in [0.3, 0.4) is 0 Å². The normalized spacial score (nSPS) is 33.4. The molecule has 4 bridgehead atoms. The lowest BCUT2D eigenvalue weighted by Gasteiger charge is -2.57. The van der Waals surface area contributed by atoms with E-state index in [1.165, 1.54) is 38.5 Å². The van der Waals surface area contributed by atoms with E-state index in [2.05, 4.69) is 15.8 Å². The Morgan fingerprint density at radius 2 is 1.68 bits per heavy atom. The number of benzene rings is 1. The minimum Gasteiger partial charge on any atom is -0.356 e. The molecule has 0 unspecified atom stereocenters. The summed E-state index contributed by atoms with van der Waals surface area (Å²) in [4.78, 5) is 0. The smallest absolute Gasteiger partial charge is 0.187 e. The molecule has 0 aromatic heterocycles. The highest BCUT2D eigenvalue weighted by atomic mass is 35.5. The van der Waals surface area contributed by atoms with E-state index in [0.29, 0.717) is 15.2 Å². The maximum absolute atomic E-state index is 6.08. The van der Waals surface area contributed by atoms with Crippen molar-refractivity contribution in [1.82, 2.24) is 10.7 Å². The van der Waals surface area contributed by atoms with Gasteiger partial charge in [0.2, 0.25) is 0 Å². The maximum Gasteiger partial charge on any atom is 0.187 e. The highest BCUT2D eigenvalue weighted by Gasteiger charge is 2.51. The van der Waals surface area contributed by atoms with E-state index in [0.717, 1.165) is 29.0 Å². The first kappa shape index (κ1) is 17.6. The van der Waals surface area contributed by atoms with E-state index in [4.69, 9.17) is 35.4 Å². The third-order valence-corrected chi connectivity index (χ3v) is 7.01.